The van der Waals surface area contributed by atoms with Crippen molar-refractivity contribution in [3.8, 4) is 0 Å². The van der Waals surface area contributed by atoms with Crippen molar-refractivity contribution >= 4 is 10.0 Å². The number of rotatable bonds is 10. The Morgan fingerprint density at radius 1 is 1.48 bits per heavy atom. The number of ether oxygens (including phenoxy) is 1. The molecule has 1 N–H and O–H groups in total. The number of nitrogens with one attached hydrogen (secondary N) is 1. The van der Waals surface area contributed by atoms with Gasteiger partial charge in [-0.05, 0) is 19.1 Å². The first-order valence-electron chi connectivity index (χ1n) is 6.84. The Morgan fingerprint density at radius 3 is 2.76 bits per heavy atom. The zero-order valence-corrected chi connectivity index (χ0v) is 13.7. The van der Waals surface area contributed by atoms with Crippen LogP contribution in [0.3, 0.4) is 0 Å². The first kappa shape index (κ1) is 17.9. The average molecular weight is 316 g/mol. The van der Waals surface area contributed by atoms with Crippen LogP contribution in [0.15, 0.2) is 33.8 Å². The van der Waals surface area contributed by atoms with E-state index in [1.807, 2.05) is 0 Å². The van der Waals surface area contributed by atoms with Gasteiger partial charge in [0.05, 0.1) is 13.2 Å². The molecule has 0 saturated carbocycles. The molecule has 6 nitrogen and oxygen atoms in total. The Balaban J connectivity index is 2.75. The number of hydrogen-bond acceptors (Lipinski definition) is 5. The van der Waals surface area contributed by atoms with E-state index in [2.05, 4.69) is 11.9 Å². The lowest BCUT2D eigenvalue weighted by molar-refractivity contribution is 0.198. The molecule has 1 aromatic rings. The summed E-state index contributed by atoms with van der Waals surface area (Å²) in [6, 6.07) is 3.16. The van der Waals surface area contributed by atoms with Crippen LogP contribution >= 0.6 is 0 Å². The molecule has 0 unspecified atom stereocenters. The van der Waals surface area contributed by atoms with Crippen LogP contribution in [0, 0.1) is 0 Å². The summed E-state index contributed by atoms with van der Waals surface area (Å²) >= 11 is 0. The zero-order chi connectivity index (χ0) is 15.9. The van der Waals surface area contributed by atoms with Crippen LogP contribution in [-0.4, -0.2) is 46.1 Å². The van der Waals surface area contributed by atoms with Crippen molar-refractivity contribution in [1.29, 1.82) is 0 Å². The van der Waals surface area contributed by atoms with E-state index in [9.17, 15) is 8.42 Å². The van der Waals surface area contributed by atoms with Gasteiger partial charge in [0.25, 0.3) is 10.0 Å². The highest BCUT2D eigenvalue weighted by Crippen LogP contribution is 2.19. The van der Waals surface area contributed by atoms with Crippen LogP contribution in [0.5, 0.6) is 0 Å². The molecule has 0 aliphatic carbocycles. The molecular formula is C14H24N2O4S. The molecular weight excluding hydrogens is 292 g/mol. The third kappa shape index (κ3) is 5.28. The fraction of sp³-hybridized carbons (Fsp3) is 0.571. The number of furan rings is 1. The minimum absolute atomic E-state index is 0.0332. The van der Waals surface area contributed by atoms with E-state index in [1.165, 1.54) is 10.4 Å². The van der Waals surface area contributed by atoms with Crippen LogP contribution in [0.25, 0.3) is 0 Å². The highest BCUT2D eigenvalue weighted by Gasteiger charge is 2.26. The van der Waals surface area contributed by atoms with E-state index in [0.717, 1.165) is 5.57 Å². The highest BCUT2D eigenvalue weighted by molar-refractivity contribution is 7.89. The Kier molecular flexibility index (Phi) is 7.10. The molecule has 0 amide bonds. The molecule has 0 aliphatic rings. The van der Waals surface area contributed by atoms with Gasteiger partial charge in [0, 0.05) is 26.7 Å². The fourth-order valence-corrected chi connectivity index (χ4v) is 3.21. The molecule has 120 valence electrons. The molecule has 0 bridgehead atoms. The van der Waals surface area contributed by atoms with Gasteiger partial charge in [-0.1, -0.05) is 19.1 Å². The van der Waals surface area contributed by atoms with E-state index in [-0.39, 0.29) is 5.09 Å². The largest absolute Gasteiger partial charge is 0.447 e. The zero-order valence-electron chi connectivity index (χ0n) is 12.9. The SMILES string of the molecule is C=C(C)CN(CC)S(=O)(=O)c1ccc(CNCCOC)o1. The van der Waals surface area contributed by atoms with Crippen molar-refractivity contribution in [1.82, 2.24) is 9.62 Å². The Hall–Kier alpha value is -1.15. The Bertz CT molecular complexity index is 551. The summed E-state index contributed by atoms with van der Waals surface area (Å²) in [6.45, 7) is 9.74. The van der Waals surface area contributed by atoms with Crippen molar-refractivity contribution in [3.63, 3.8) is 0 Å². The first-order valence-corrected chi connectivity index (χ1v) is 8.28. The Labute approximate surface area is 126 Å². The number of hydrogen-bond donors (Lipinski definition) is 1. The maximum Gasteiger partial charge on any atom is 0.276 e. The number of nitrogens with zero attached hydrogens (tertiary/aromatic N) is 1. The molecule has 1 aromatic heterocycles. The summed E-state index contributed by atoms with van der Waals surface area (Å²) in [5, 5.41) is 3.07. The second-order valence-corrected chi connectivity index (χ2v) is 6.65. The van der Waals surface area contributed by atoms with Gasteiger partial charge in [0.15, 0.2) is 0 Å². The molecule has 0 aliphatic heterocycles. The van der Waals surface area contributed by atoms with Gasteiger partial charge in [-0.3, -0.25) is 0 Å². The molecule has 0 saturated heterocycles. The quantitative estimate of drug-likeness (QED) is 0.524. The molecule has 0 fully saturated rings. The minimum atomic E-state index is -3.61. The number of sulfonamides is 1. The lowest BCUT2D eigenvalue weighted by Gasteiger charge is -2.18. The average Bonchev–Trinajstić information content (AvgIpc) is 2.90. The van der Waals surface area contributed by atoms with Crippen LogP contribution < -0.4 is 5.32 Å². The second kappa shape index (κ2) is 8.33. The van der Waals surface area contributed by atoms with Crippen molar-refractivity contribution in [3.05, 3.63) is 30.0 Å². The second-order valence-electron chi connectivity index (χ2n) is 4.78. The molecule has 7 heteroatoms. The summed E-state index contributed by atoms with van der Waals surface area (Å²) in [5.74, 6) is 0.580. The van der Waals surface area contributed by atoms with Crippen LogP contribution in [0.1, 0.15) is 19.6 Å². The maximum absolute atomic E-state index is 12.4. The van der Waals surface area contributed by atoms with Crippen molar-refractivity contribution in [2.45, 2.75) is 25.5 Å². The van der Waals surface area contributed by atoms with E-state index in [1.54, 1.807) is 27.0 Å². The topological polar surface area (TPSA) is 71.8 Å². The predicted octanol–water partition coefficient (Wildman–Crippen LogP) is 1.60. The van der Waals surface area contributed by atoms with Crippen LogP contribution in [-0.2, 0) is 21.3 Å². The third-order valence-electron chi connectivity index (χ3n) is 2.81. The van der Waals surface area contributed by atoms with E-state index in [4.69, 9.17) is 9.15 Å². The highest BCUT2D eigenvalue weighted by atomic mass is 32.2. The predicted molar refractivity (Wildman–Crippen MR) is 81.5 cm³/mol. The fourth-order valence-electron chi connectivity index (χ4n) is 1.77. The first-order chi connectivity index (χ1) is 9.91. The summed E-state index contributed by atoms with van der Waals surface area (Å²) in [4.78, 5) is 0. The lowest BCUT2D eigenvalue weighted by atomic mass is 10.3. The molecule has 0 aromatic carbocycles. The van der Waals surface area contributed by atoms with E-state index in [0.29, 0.717) is 38.5 Å². The van der Waals surface area contributed by atoms with Crippen molar-refractivity contribution < 1.29 is 17.6 Å². The van der Waals surface area contributed by atoms with Gasteiger partial charge < -0.3 is 14.5 Å². The van der Waals surface area contributed by atoms with E-state index < -0.39 is 10.0 Å². The van der Waals surface area contributed by atoms with Gasteiger partial charge >= 0.3 is 0 Å². The van der Waals surface area contributed by atoms with Gasteiger partial charge in [-0.2, -0.15) is 4.31 Å². The maximum atomic E-state index is 12.4. The van der Waals surface area contributed by atoms with Crippen LogP contribution in [0.2, 0.25) is 0 Å². The van der Waals surface area contributed by atoms with Gasteiger partial charge in [0.2, 0.25) is 5.09 Å². The summed E-state index contributed by atoms with van der Waals surface area (Å²) in [5.41, 5.74) is 0.786. The molecule has 0 atom stereocenters. The molecule has 0 spiro atoms. The normalized spacial score (nSPS) is 12.0. The van der Waals surface area contributed by atoms with Crippen LogP contribution in [0.4, 0.5) is 0 Å². The molecule has 1 rings (SSSR count). The van der Waals surface area contributed by atoms with Crippen molar-refractivity contribution in [2.75, 3.05) is 33.4 Å². The summed E-state index contributed by atoms with van der Waals surface area (Å²) in [7, 11) is -1.98. The summed E-state index contributed by atoms with van der Waals surface area (Å²) in [6.07, 6.45) is 0. The van der Waals surface area contributed by atoms with Gasteiger partial charge in [-0.25, -0.2) is 8.42 Å². The van der Waals surface area contributed by atoms with Gasteiger partial charge in [-0.15, -0.1) is 0 Å². The van der Waals surface area contributed by atoms with Crippen molar-refractivity contribution in [2.24, 2.45) is 0 Å². The van der Waals surface area contributed by atoms with E-state index >= 15 is 0 Å². The molecule has 0 radical (unpaired) electrons. The third-order valence-corrected chi connectivity index (χ3v) is 4.61. The smallest absolute Gasteiger partial charge is 0.276 e. The monoisotopic (exact) mass is 316 g/mol. The summed E-state index contributed by atoms with van der Waals surface area (Å²) < 4.78 is 36.6. The Morgan fingerprint density at radius 2 is 2.19 bits per heavy atom. The molecule has 21 heavy (non-hydrogen) atoms. The number of methoxy groups -OCH3 is 1. The van der Waals surface area contributed by atoms with Gasteiger partial charge in [0.1, 0.15) is 5.76 Å². The standard InChI is InChI=1S/C14H24N2O4S/c1-5-16(11-12(2)3)21(17,18)14-7-6-13(20-14)10-15-8-9-19-4/h6-7,15H,2,5,8-11H2,1,3-4H3. The lowest BCUT2D eigenvalue weighted by Crippen LogP contribution is -2.32. The number of likely N-dealkylation sites (N-methyl/N-ethyl adjacent to an activating group) is 1. The minimum Gasteiger partial charge on any atom is -0.447 e. The molecule has 1 heterocycles.